The first kappa shape index (κ1) is 15.3. The van der Waals surface area contributed by atoms with Crippen LogP contribution in [0.3, 0.4) is 0 Å². The quantitative estimate of drug-likeness (QED) is 0.438. The van der Waals surface area contributed by atoms with E-state index < -0.39 is 12.3 Å². The van der Waals surface area contributed by atoms with Crippen molar-refractivity contribution in [2.75, 3.05) is 0 Å². The van der Waals surface area contributed by atoms with Gasteiger partial charge in [0.15, 0.2) is 0 Å². The van der Waals surface area contributed by atoms with Crippen molar-refractivity contribution in [3.05, 3.63) is 71.1 Å². The van der Waals surface area contributed by atoms with Crippen molar-refractivity contribution in [1.82, 2.24) is 24.6 Å². The molecule has 144 valence electrons. The number of pyridine rings is 1. The van der Waals surface area contributed by atoms with Crippen molar-refractivity contribution in [3.63, 3.8) is 0 Å². The number of benzene rings is 1. The van der Waals surface area contributed by atoms with Crippen LogP contribution in [0.1, 0.15) is 41.6 Å². The average Bonchev–Trinajstić information content (AvgIpc) is 3.16. The van der Waals surface area contributed by atoms with Crippen molar-refractivity contribution in [2.45, 2.75) is 40.0 Å². The fraction of sp³-hybridized carbons (Fsp3) is 0.261. The largest absolute Gasteiger partial charge is 0.268 e. The van der Waals surface area contributed by atoms with Gasteiger partial charge >= 0.3 is 0 Å². The molecular weight excluding hydrogens is 360 g/mol. The Morgan fingerprint density at radius 1 is 1.10 bits per heavy atom. The van der Waals surface area contributed by atoms with Crippen LogP contribution >= 0.6 is 0 Å². The van der Waals surface area contributed by atoms with E-state index in [1.165, 1.54) is 6.20 Å². The predicted molar refractivity (Wildman–Crippen MR) is 114 cm³/mol. The number of hydrogen-bond donors (Lipinski definition) is 0. The zero-order valence-electron chi connectivity index (χ0n) is 19.7. The van der Waals surface area contributed by atoms with Crippen LogP contribution in [-0.4, -0.2) is 24.6 Å². The minimum Gasteiger partial charge on any atom is -0.268 e. The van der Waals surface area contributed by atoms with Gasteiger partial charge in [-0.3, -0.25) is 4.98 Å². The summed E-state index contributed by atoms with van der Waals surface area (Å²) in [6, 6.07) is 7.72. The topological polar surface area (TPSA) is 60.3 Å². The molecule has 6 nitrogen and oxygen atoms in total. The predicted octanol–water partition coefficient (Wildman–Crippen LogP) is 5.32. The number of fused-ring (bicyclic) bond motifs is 1. The SMILES string of the molecule is [2H]C([2H])([2H])C(C)(C)c1cnn2c(-c3ccc(C)c(-c4ncc(C)cc4[N+]#[C-])c3)cnc2n1. The van der Waals surface area contributed by atoms with E-state index in [1.807, 2.05) is 38.1 Å². The lowest BCUT2D eigenvalue weighted by atomic mass is 9.93. The molecule has 0 radical (unpaired) electrons. The van der Waals surface area contributed by atoms with E-state index in [9.17, 15) is 0 Å². The molecule has 0 fully saturated rings. The molecule has 0 amide bonds. The summed E-state index contributed by atoms with van der Waals surface area (Å²) in [5.41, 5.74) is 4.67. The smallest absolute Gasteiger partial charge is 0.251 e. The Morgan fingerprint density at radius 2 is 1.93 bits per heavy atom. The Labute approximate surface area is 174 Å². The van der Waals surface area contributed by atoms with Gasteiger partial charge in [-0.15, -0.1) is 0 Å². The van der Waals surface area contributed by atoms with Gasteiger partial charge in [-0.25, -0.2) is 14.8 Å². The number of aryl methyl sites for hydroxylation is 2. The highest BCUT2D eigenvalue weighted by Gasteiger charge is 2.19. The molecule has 3 aromatic heterocycles. The summed E-state index contributed by atoms with van der Waals surface area (Å²) in [4.78, 5) is 17.0. The Bertz CT molecular complexity index is 1380. The second-order valence-electron chi connectivity index (χ2n) is 7.64. The second-order valence-corrected chi connectivity index (χ2v) is 7.64. The highest BCUT2D eigenvalue weighted by molar-refractivity contribution is 5.80. The van der Waals surface area contributed by atoms with E-state index in [0.717, 1.165) is 22.3 Å². The van der Waals surface area contributed by atoms with Gasteiger partial charge in [0.2, 0.25) is 5.69 Å². The molecule has 0 spiro atoms. The maximum Gasteiger partial charge on any atom is 0.251 e. The number of aromatic nitrogens is 5. The van der Waals surface area contributed by atoms with Gasteiger partial charge in [-0.2, -0.15) is 9.61 Å². The molecule has 0 aliphatic rings. The van der Waals surface area contributed by atoms with Crippen molar-refractivity contribution in [3.8, 4) is 22.5 Å². The van der Waals surface area contributed by atoms with E-state index >= 15 is 0 Å². The van der Waals surface area contributed by atoms with Crippen molar-refractivity contribution < 1.29 is 4.11 Å². The molecule has 0 N–H and O–H groups in total. The molecule has 0 unspecified atom stereocenters. The first-order valence-electron chi connectivity index (χ1n) is 10.7. The maximum absolute atomic E-state index is 7.80. The van der Waals surface area contributed by atoms with E-state index in [2.05, 4.69) is 24.9 Å². The molecule has 4 aromatic rings. The summed E-state index contributed by atoms with van der Waals surface area (Å²) in [5, 5.41) is 4.44. The summed E-state index contributed by atoms with van der Waals surface area (Å²) < 4.78 is 25.0. The van der Waals surface area contributed by atoms with E-state index in [-0.39, 0.29) is 0 Å². The number of hydrogen-bond acceptors (Lipinski definition) is 4. The van der Waals surface area contributed by atoms with Gasteiger partial charge in [0, 0.05) is 21.3 Å². The third-order valence-corrected chi connectivity index (χ3v) is 4.79. The lowest BCUT2D eigenvalue weighted by Crippen LogP contribution is -2.15. The Balaban J connectivity index is 1.83. The van der Waals surface area contributed by atoms with E-state index in [0.29, 0.717) is 28.5 Å². The van der Waals surface area contributed by atoms with Gasteiger partial charge in [0.05, 0.1) is 36.0 Å². The summed E-state index contributed by atoms with van der Waals surface area (Å²) in [6.45, 7) is 12.4. The Kier molecular flexibility index (Phi) is 3.59. The van der Waals surface area contributed by atoms with Crippen LogP contribution in [0.25, 0.3) is 33.1 Å². The molecular formula is C23H22N6. The highest BCUT2D eigenvalue weighted by Crippen LogP contribution is 2.34. The molecule has 0 saturated heterocycles. The van der Waals surface area contributed by atoms with Crippen LogP contribution in [0.5, 0.6) is 0 Å². The molecule has 4 rings (SSSR count). The summed E-state index contributed by atoms with van der Waals surface area (Å²) in [7, 11) is 0. The normalized spacial score (nSPS) is 13.6. The standard InChI is InChI=1S/C23H22N6/c1-14-9-18(24-6)21(25-11-14)17-10-16(8-7-15(17)2)19-12-26-22-28-20(23(3,4)5)13-27-29(19)22/h7-13H,1-5H3/i3D3. The molecule has 0 atom stereocenters. The lowest BCUT2D eigenvalue weighted by molar-refractivity contribution is 0.562. The van der Waals surface area contributed by atoms with Crippen LogP contribution in [-0.2, 0) is 5.41 Å². The number of imidazole rings is 1. The zero-order valence-corrected chi connectivity index (χ0v) is 16.7. The molecule has 3 heterocycles. The van der Waals surface area contributed by atoms with Gasteiger partial charge in [-0.1, -0.05) is 32.8 Å². The summed E-state index contributed by atoms with van der Waals surface area (Å²) in [6.07, 6.45) is 4.90. The van der Waals surface area contributed by atoms with Crippen LogP contribution in [0.2, 0.25) is 0 Å². The maximum atomic E-state index is 7.80. The third kappa shape index (κ3) is 3.36. The van der Waals surface area contributed by atoms with Crippen molar-refractivity contribution >= 4 is 11.5 Å². The van der Waals surface area contributed by atoms with E-state index in [4.69, 9.17) is 10.7 Å². The Hall–Kier alpha value is -3.59. The van der Waals surface area contributed by atoms with Gasteiger partial charge in [-0.05, 0) is 42.7 Å². The summed E-state index contributed by atoms with van der Waals surface area (Å²) in [5.74, 6) is 0.326. The van der Waals surface area contributed by atoms with Gasteiger partial charge < -0.3 is 0 Å². The first-order chi connectivity index (χ1) is 15.0. The van der Waals surface area contributed by atoms with Crippen LogP contribution < -0.4 is 0 Å². The summed E-state index contributed by atoms with van der Waals surface area (Å²) >= 11 is 0. The van der Waals surface area contributed by atoms with Crippen LogP contribution in [0.15, 0.2) is 42.9 Å². The third-order valence-electron chi connectivity index (χ3n) is 4.79. The number of rotatable bonds is 2. The molecule has 1 aromatic carbocycles. The zero-order chi connectivity index (χ0) is 23.3. The minimum absolute atomic E-state index is 0.326. The van der Waals surface area contributed by atoms with Crippen molar-refractivity contribution in [1.29, 1.82) is 0 Å². The molecule has 0 bridgehead atoms. The molecule has 0 aliphatic carbocycles. The average molecular weight is 385 g/mol. The fourth-order valence-electron chi connectivity index (χ4n) is 3.16. The number of nitrogens with zero attached hydrogens (tertiary/aromatic N) is 6. The molecule has 29 heavy (non-hydrogen) atoms. The van der Waals surface area contributed by atoms with Crippen molar-refractivity contribution in [2.24, 2.45) is 0 Å². The van der Waals surface area contributed by atoms with Gasteiger partial charge in [0.25, 0.3) is 5.78 Å². The second kappa shape index (κ2) is 6.78. The van der Waals surface area contributed by atoms with Crippen LogP contribution in [0, 0.1) is 20.4 Å². The molecule has 0 aliphatic heterocycles. The highest BCUT2D eigenvalue weighted by atomic mass is 15.3. The fourth-order valence-corrected chi connectivity index (χ4v) is 3.16. The molecule has 6 heteroatoms. The molecule has 0 saturated carbocycles. The van der Waals surface area contributed by atoms with Crippen LogP contribution in [0.4, 0.5) is 5.69 Å². The van der Waals surface area contributed by atoms with E-state index in [1.54, 1.807) is 30.8 Å². The Morgan fingerprint density at radius 3 is 2.69 bits per heavy atom. The van der Waals surface area contributed by atoms with Gasteiger partial charge in [0.1, 0.15) is 0 Å². The minimum atomic E-state index is -2.22. The lowest BCUT2D eigenvalue weighted by Gasteiger charge is -2.16. The first-order valence-corrected chi connectivity index (χ1v) is 9.19. The monoisotopic (exact) mass is 385 g/mol.